The molecule has 19 aromatic carbocycles. The van der Waals surface area contributed by atoms with Crippen LogP contribution < -0.4 is 0 Å². The summed E-state index contributed by atoms with van der Waals surface area (Å²) in [6.45, 7) is 28.0. The summed E-state index contributed by atoms with van der Waals surface area (Å²) in [4.78, 5) is 39.6. The lowest BCUT2D eigenvalue weighted by atomic mass is 9.72. The van der Waals surface area contributed by atoms with Gasteiger partial charge in [-0.05, 0) is 397 Å². The van der Waals surface area contributed by atoms with Crippen LogP contribution in [-0.4, -0.2) is 37.7 Å². The lowest BCUT2D eigenvalue weighted by Crippen LogP contribution is -2.07. The van der Waals surface area contributed by atoms with Gasteiger partial charge >= 0.3 is 17.9 Å². The van der Waals surface area contributed by atoms with E-state index in [2.05, 4.69) is 281 Å². The summed E-state index contributed by atoms with van der Waals surface area (Å²) in [7, 11) is 0. The third-order valence-electron chi connectivity index (χ3n) is 28.5. The van der Waals surface area contributed by atoms with Crippen molar-refractivity contribution in [1.82, 2.24) is 0 Å². The molecule has 3 unspecified atom stereocenters. The number of hydrogen-bond acceptors (Lipinski definition) is 6. The van der Waals surface area contributed by atoms with Crippen molar-refractivity contribution in [3.05, 3.63) is 252 Å². The number of aryl methyl sites for hydroxylation is 3. The Morgan fingerprint density at radius 3 is 0.532 bits per heavy atom. The fourth-order valence-electron chi connectivity index (χ4n) is 21.7. The first kappa shape index (κ1) is 83.8. The molecule has 0 saturated heterocycles. The second-order valence-corrected chi connectivity index (χ2v) is 39.0. The second kappa shape index (κ2) is 35.2. The molecule has 19 aromatic rings. The standard InChI is InChI=1S/C120H120O6/c1-13-124-106(121)55-79-37-49-85(50-38-79)91-64-100-96-60-88(82-43-31-76(32-44-82)28-25-73(10)22-16-19-70(4)5)58-94-95-59-89(83-45-33-77(34-46-83)29-26-74(11)23-17-20-71(6)7)61-97-102-66-92(86-51-39-80(40-52-86)56-107(122)125-14-2)68-104-105-69-93(87-53-41-81(42-54-87)57-108(123)126-15-3)67-103-99-63-90(84-47-35-78(36-48-84)30-27-75(12)24-18-21-72(8)9)62-98-101(65-91)112(100)118-115(109(94)96)116(110(95)97)119(113(102)104)120(114(103)105)117(118)111(98)99/h31-54,58-75H,13-30,55-57H2,1-12H3. The third kappa shape index (κ3) is 16.1. The fraction of sp³-hybridized carbons (Fsp3) is 0.325. The van der Waals surface area contributed by atoms with E-state index in [-0.39, 0.29) is 37.2 Å². The Labute approximate surface area is 743 Å². The molecule has 19 rings (SSSR count). The molecule has 0 radical (unpaired) electrons. The zero-order valence-corrected chi connectivity index (χ0v) is 76.0. The largest absolute Gasteiger partial charge is 0.466 e. The minimum absolute atomic E-state index is 0.190. The van der Waals surface area contributed by atoms with Gasteiger partial charge in [0.15, 0.2) is 0 Å². The molecule has 3 atom stereocenters. The SMILES string of the molecule is CCOC(=O)Cc1ccc(-c2cc3c4cc(-c5ccc(CCC(C)CCCC(C)C)cc5)cc5c6cc(-c7ccc(CCC(C)CCCC(C)C)cc7)cc7c8cc(-c9ccc(CC(=O)OCC)cc9)cc9c%10cc(-c%11ccc(CC(=O)OCC)cc%11)cc%11c%12cc(-c%13ccc(CCC(C)CCCC(C)C)cc%13)cc%13c(c2)c3c2c(c54)c(c67)c(c89)c(c%11%10)c2c%13%12)cc1. The maximum Gasteiger partial charge on any atom is 0.310 e. The number of carbonyl (C=O) groups is 3. The highest BCUT2D eigenvalue weighted by Gasteiger charge is 2.34. The van der Waals surface area contributed by atoms with Crippen LogP contribution in [0, 0.1) is 35.5 Å². The van der Waals surface area contributed by atoms with Gasteiger partial charge in [-0.1, -0.05) is 266 Å². The van der Waals surface area contributed by atoms with Crippen molar-refractivity contribution in [3.63, 3.8) is 0 Å². The van der Waals surface area contributed by atoms with E-state index < -0.39 is 0 Å². The molecule has 0 fully saturated rings. The minimum atomic E-state index is -0.237. The van der Waals surface area contributed by atoms with Crippen molar-refractivity contribution in [2.45, 2.75) is 199 Å². The van der Waals surface area contributed by atoms with E-state index in [0.29, 0.717) is 37.6 Å². The average Bonchev–Trinajstić information content (AvgIpc) is 0.640. The van der Waals surface area contributed by atoms with E-state index in [1.807, 2.05) is 20.8 Å². The first-order valence-corrected chi connectivity index (χ1v) is 47.6. The van der Waals surface area contributed by atoms with Crippen molar-refractivity contribution in [2.24, 2.45) is 35.5 Å². The maximum absolute atomic E-state index is 13.2. The molecule has 0 bridgehead atoms. The van der Waals surface area contributed by atoms with E-state index in [1.54, 1.807) is 0 Å². The van der Waals surface area contributed by atoms with Crippen molar-refractivity contribution in [1.29, 1.82) is 0 Å². The van der Waals surface area contributed by atoms with Crippen molar-refractivity contribution >= 4 is 147 Å². The summed E-state index contributed by atoms with van der Waals surface area (Å²) in [6, 6.07) is 85.2. The molecular formula is C120H120O6. The zero-order valence-electron chi connectivity index (χ0n) is 76.0. The number of hydrogen-bond donors (Lipinski definition) is 0. The molecular weight excluding hydrogens is 1540 g/mol. The van der Waals surface area contributed by atoms with Gasteiger partial charge in [0.25, 0.3) is 0 Å². The number of carbonyl (C=O) groups excluding carboxylic acids is 3. The van der Waals surface area contributed by atoms with E-state index in [0.717, 1.165) is 105 Å². The molecule has 6 nitrogen and oxygen atoms in total. The highest BCUT2D eigenvalue weighted by molar-refractivity contribution is 6.61. The summed E-state index contributed by atoms with van der Waals surface area (Å²) in [5, 5.41) is 30.0. The minimum Gasteiger partial charge on any atom is -0.466 e. The van der Waals surface area contributed by atoms with Crippen LogP contribution in [0.3, 0.4) is 0 Å². The van der Waals surface area contributed by atoms with Crippen LogP contribution in [0.25, 0.3) is 196 Å². The third-order valence-corrected chi connectivity index (χ3v) is 28.5. The van der Waals surface area contributed by atoms with Gasteiger partial charge in [0.2, 0.25) is 0 Å². The molecule has 0 aliphatic carbocycles. The van der Waals surface area contributed by atoms with Crippen LogP contribution in [0.2, 0.25) is 0 Å². The molecule has 0 N–H and O–H groups in total. The predicted molar refractivity (Wildman–Crippen MR) is 536 cm³/mol. The van der Waals surface area contributed by atoms with Crippen molar-refractivity contribution in [2.75, 3.05) is 19.8 Å². The normalized spacial score (nSPS) is 13.2. The van der Waals surface area contributed by atoms with Crippen molar-refractivity contribution < 1.29 is 28.6 Å². The number of rotatable bonds is 36. The van der Waals surface area contributed by atoms with Gasteiger partial charge in [0, 0.05) is 0 Å². The molecule has 0 saturated carbocycles. The lowest BCUT2D eigenvalue weighted by Gasteiger charge is -2.30. The Hall–Kier alpha value is -11.7. The van der Waals surface area contributed by atoms with Gasteiger partial charge in [-0.15, -0.1) is 0 Å². The zero-order chi connectivity index (χ0) is 86.9. The van der Waals surface area contributed by atoms with Gasteiger partial charge in [0.05, 0.1) is 39.1 Å². The summed E-state index contributed by atoms with van der Waals surface area (Å²) < 4.78 is 16.6. The van der Waals surface area contributed by atoms with E-state index in [9.17, 15) is 14.4 Å². The second-order valence-electron chi connectivity index (χ2n) is 39.0. The molecule has 6 heteroatoms. The summed E-state index contributed by atoms with van der Waals surface area (Å²) in [6.07, 6.45) is 18.6. The van der Waals surface area contributed by atoms with Gasteiger partial charge < -0.3 is 14.2 Å². The number of esters is 3. The lowest BCUT2D eigenvalue weighted by molar-refractivity contribution is -0.143. The van der Waals surface area contributed by atoms with Gasteiger partial charge in [-0.2, -0.15) is 0 Å². The van der Waals surface area contributed by atoms with Crippen LogP contribution in [0.15, 0.2) is 218 Å². The summed E-state index contributed by atoms with van der Waals surface area (Å²) >= 11 is 0. The Bertz CT molecular complexity index is 7050. The molecule has 636 valence electrons. The van der Waals surface area contributed by atoms with Crippen LogP contribution in [0.4, 0.5) is 0 Å². The Morgan fingerprint density at radius 2 is 0.373 bits per heavy atom. The van der Waals surface area contributed by atoms with E-state index in [1.165, 1.54) is 238 Å². The van der Waals surface area contributed by atoms with Gasteiger partial charge in [-0.25, -0.2) is 0 Å². The van der Waals surface area contributed by atoms with E-state index in [4.69, 9.17) is 14.2 Å². The monoisotopic (exact) mass is 1660 g/mol. The molecule has 126 heavy (non-hydrogen) atoms. The first-order valence-electron chi connectivity index (χ1n) is 47.6. The summed E-state index contributed by atoms with van der Waals surface area (Å²) in [5.41, 5.74) is 20.4. The molecule has 0 aromatic heterocycles. The topological polar surface area (TPSA) is 78.9 Å². The molecule has 0 aliphatic heterocycles. The van der Waals surface area contributed by atoms with Crippen molar-refractivity contribution in [3.8, 4) is 66.8 Å². The smallest absolute Gasteiger partial charge is 0.310 e. The van der Waals surface area contributed by atoms with Gasteiger partial charge in [-0.3, -0.25) is 14.4 Å². The Kier molecular flexibility index (Phi) is 23.4. The maximum atomic E-state index is 13.2. The molecule has 0 amide bonds. The number of fused-ring (bicyclic) bond motifs is 6. The number of ether oxygens (including phenoxy) is 3. The summed E-state index contributed by atoms with van der Waals surface area (Å²) in [5.74, 6) is 3.42. The van der Waals surface area contributed by atoms with E-state index >= 15 is 0 Å². The Morgan fingerprint density at radius 1 is 0.206 bits per heavy atom. The molecule has 0 heterocycles. The van der Waals surface area contributed by atoms with Gasteiger partial charge in [0.1, 0.15) is 0 Å². The quantitative estimate of drug-likeness (QED) is 0.0168. The average molecular weight is 1660 g/mol. The first-order chi connectivity index (χ1) is 61.2. The highest BCUT2D eigenvalue weighted by atomic mass is 16.5. The fourth-order valence-corrected chi connectivity index (χ4v) is 21.7. The van der Waals surface area contributed by atoms with Crippen LogP contribution in [0.5, 0.6) is 0 Å². The number of benzene rings is 19. The molecule has 0 spiro atoms. The van der Waals surface area contributed by atoms with Crippen LogP contribution in [-0.2, 0) is 67.1 Å². The predicted octanol–water partition coefficient (Wildman–Crippen LogP) is 32.7. The highest BCUT2D eigenvalue weighted by Crippen LogP contribution is 2.63. The van der Waals surface area contributed by atoms with Crippen LogP contribution in [0.1, 0.15) is 194 Å². The molecule has 0 aliphatic rings. The Balaban J connectivity index is 0.945. The van der Waals surface area contributed by atoms with Crippen LogP contribution >= 0.6 is 0 Å².